The van der Waals surface area contributed by atoms with Crippen molar-refractivity contribution in [1.82, 2.24) is 10.6 Å². The molecule has 2 atom stereocenters. The molecule has 0 aliphatic rings. The Labute approximate surface area is 185 Å². The van der Waals surface area contributed by atoms with Gasteiger partial charge in [0.25, 0.3) is 5.91 Å². The van der Waals surface area contributed by atoms with Gasteiger partial charge in [-0.3, -0.25) is 4.79 Å². The van der Waals surface area contributed by atoms with Crippen molar-refractivity contribution in [2.24, 2.45) is 0 Å². The van der Waals surface area contributed by atoms with Crippen LogP contribution in [-0.2, 0) is 19.1 Å². The van der Waals surface area contributed by atoms with Crippen molar-refractivity contribution in [1.29, 1.82) is 0 Å². The fourth-order valence-electron chi connectivity index (χ4n) is 3.36. The van der Waals surface area contributed by atoms with E-state index in [-0.39, 0.29) is 19.0 Å². The molecule has 0 saturated carbocycles. The van der Waals surface area contributed by atoms with Crippen molar-refractivity contribution >= 4 is 5.91 Å². The third kappa shape index (κ3) is 6.93. The molecule has 0 aliphatic heterocycles. The first-order valence-corrected chi connectivity index (χ1v) is 10.3. The minimum absolute atomic E-state index is 0.100. The van der Waals surface area contributed by atoms with Gasteiger partial charge in [-0.1, -0.05) is 66.7 Å². The van der Waals surface area contributed by atoms with E-state index in [0.29, 0.717) is 17.5 Å². The third-order valence-corrected chi connectivity index (χ3v) is 5.05. The average molecular weight is 442 g/mol. The van der Waals surface area contributed by atoms with Crippen LogP contribution < -0.4 is 10.6 Å². The second-order valence-corrected chi connectivity index (χ2v) is 7.53. The minimum atomic E-state index is -4.40. The van der Waals surface area contributed by atoms with E-state index < -0.39 is 23.9 Å². The molecule has 32 heavy (non-hydrogen) atoms. The number of aliphatic hydroxyl groups is 1. The molecule has 0 radical (unpaired) electrons. The predicted octanol–water partition coefficient (Wildman–Crippen LogP) is 4.20. The van der Waals surface area contributed by atoms with E-state index in [1.54, 1.807) is 30.3 Å². The molecule has 1 amide bonds. The Morgan fingerprint density at radius 1 is 0.875 bits per heavy atom. The smallest absolute Gasteiger partial charge is 0.390 e. The quantitative estimate of drug-likeness (QED) is 0.466. The summed E-state index contributed by atoms with van der Waals surface area (Å²) < 4.78 is 38.7. The largest absolute Gasteiger partial charge is 0.416 e. The molecule has 3 N–H and O–H groups in total. The molecule has 0 unspecified atom stereocenters. The van der Waals surface area contributed by atoms with Gasteiger partial charge in [0, 0.05) is 18.7 Å². The monoisotopic (exact) mass is 442 g/mol. The summed E-state index contributed by atoms with van der Waals surface area (Å²) in [5.41, 5.74) is 1.17. The van der Waals surface area contributed by atoms with Crippen molar-refractivity contribution in [2.75, 3.05) is 6.54 Å². The van der Waals surface area contributed by atoms with Gasteiger partial charge in [0.15, 0.2) is 0 Å². The van der Waals surface area contributed by atoms with E-state index in [4.69, 9.17) is 0 Å². The number of amides is 1. The van der Waals surface area contributed by atoms with E-state index in [9.17, 15) is 23.1 Å². The number of hydrogen-bond donors (Lipinski definition) is 3. The second-order valence-electron chi connectivity index (χ2n) is 7.53. The molecule has 0 aromatic heterocycles. The number of carbonyl (C=O) groups excluding carboxylic acids is 1. The maximum atomic E-state index is 12.9. The number of halogens is 3. The molecule has 0 fully saturated rings. The molecular formula is C25H25F3N2O2. The predicted molar refractivity (Wildman–Crippen MR) is 117 cm³/mol. The topological polar surface area (TPSA) is 61.4 Å². The zero-order chi connectivity index (χ0) is 23.0. The lowest BCUT2D eigenvalue weighted by molar-refractivity contribution is -0.137. The van der Waals surface area contributed by atoms with Crippen LogP contribution in [0.3, 0.4) is 0 Å². The lowest BCUT2D eigenvalue weighted by atomic mass is 10.0. The van der Waals surface area contributed by atoms with Crippen LogP contribution in [0.4, 0.5) is 13.2 Å². The van der Waals surface area contributed by atoms with Crippen molar-refractivity contribution < 1.29 is 23.1 Å². The SMILES string of the molecule is O=C(N[C@@H](Cc1ccccc1)[C@H](O)CNCc1cccc(C(F)(F)F)c1)c1ccccc1. The lowest BCUT2D eigenvalue weighted by Gasteiger charge is -2.25. The Morgan fingerprint density at radius 3 is 2.16 bits per heavy atom. The average Bonchev–Trinajstić information content (AvgIpc) is 2.79. The van der Waals surface area contributed by atoms with Gasteiger partial charge in [0.2, 0.25) is 0 Å². The molecule has 4 nitrogen and oxygen atoms in total. The summed E-state index contributed by atoms with van der Waals surface area (Å²) >= 11 is 0. The van der Waals surface area contributed by atoms with Gasteiger partial charge in [-0.25, -0.2) is 0 Å². The standard InChI is InChI=1S/C25H25F3N2O2/c26-25(27,28)21-13-7-10-19(14-21)16-29-17-23(31)22(15-18-8-3-1-4-9-18)30-24(32)20-11-5-2-6-12-20/h1-14,22-23,29,31H,15-17H2,(H,30,32)/t22-,23+/m0/s1. The fraction of sp³-hybridized carbons (Fsp3) is 0.240. The highest BCUT2D eigenvalue weighted by Gasteiger charge is 2.30. The van der Waals surface area contributed by atoms with Crippen molar-refractivity contribution in [3.8, 4) is 0 Å². The van der Waals surface area contributed by atoms with Crippen LogP contribution >= 0.6 is 0 Å². The van der Waals surface area contributed by atoms with Gasteiger partial charge >= 0.3 is 6.18 Å². The van der Waals surface area contributed by atoms with Gasteiger partial charge in [0.1, 0.15) is 0 Å². The van der Waals surface area contributed by atoms with Gasteiger partial charge in [-0.15, -0.1) is 0 Å². The highest BCUT2D eigenvalue weighted by Crippen LogP contribution is 2.29. The van der Waals surface area contributed by atoms with Crippen LogP contribution in [0.5, 0.6) is 0 Å². The second kappa shape index (κ2) is 10.9. The molecule has 7 heteroatoms. The number of carbonyl (C=O) groups is 1. The van der Waals surface area contributed by atoms with Crippen LogP contribution in [0.1, 0.15) is 27.0 Å². The summed E-state index contributed by atoms with van der Waals surface area (Å²) in [6.07, 6.45) is -4.95. The van der Waals surface area contributed by atoms with E-state index in [1.807, 2.05) is 36.4 Å². The molecule has 0 bridgehead atoms. The van der Waals surface area contributed by atoms with Crippen LogP contribution in [-0.4, -0.2) is 29.7 Å². The molecular weight excluding hydrogens is 417 g/mol. The van der Waals surface area contributed by atoms with Crippen molar-refractivity contribution in [2.45, 2.75) is 31.3 Å². The zero-order valence-electron chi connectivity index (χ0n) is 17.3. The van der Waals surface area contributed by atoms with Gasteiger partial charge in [-0.05, 0) is 35.7 Å². The molecule has 3 rings (SSSR count). The van der Waals surface area contributed by atoms with Gasteiger partial charge < -0.3 is 15.7 Å². The Morgan fingerprint density at radius 2 is 1.50 bits per heavy atom. The summed E-state index contributed by atoms with van der Waals surface area (Å²) in [4.78, 5) is 12.6. The Hall–Kier alpha value is -3.16. The van der Waals surface area contributed by atoms with Crippen LogP contribution in [0.15, 0.2) is 84.9 Å². The summed E-state index contributed by atoms with van der Waals surface area (Å²) in [6.45, 7) is 0.258. The van der Waals surface area contributed by atoms with E-state index >= 15 is 0 Å². The van der Waals surface area contributed by atoms with E-state index in [1.165, 1.54) is 6.07 Å². The lowest BCUT2D eigenvalue weighted by Crippen LogP contribution is -2.48. The van der Waals surface area contributed by atoms with Crippen LogP contribution in [0, 0.1) is 0 Å². The Kier molecular flexibility index (Phi) is 8.03. The number of hydrogen-bond acceptors (Lipinski definition) is 3. The molecule has 0 heterocycles. The fourth-order valence-corrected chi connectivity index (χ4v) is 3.36. The minimum Gasteiger partial charge on any atom is -0.390 e. The number of aliphatic hydroxyl groups excluding tert-OH is 1. The molecule has 168 valence electrons. The highest BCUT2D eigenvalue weighted by atomic mass is 19.4. The third-order valence-electron chi connectivity index (χ3n) is 5.05. The Bertz CT molecular complexity index is 995. The molecule has 3 aromatic carbocycles. The normalized spacial score (nSPS) is 13.4. The first-order chi connectivity index (χ1) is 15.3. The molecule has 0 spiro atoms. The first kappa shape index (κ1) is 23.5. The maximum Gasteiger partial charge on any atom is 0.416 e. The number of nitrogens with one attached hydrogen (secondary N) is 2. The summed E-state index contributed by atoms with van der Waals surface area (Å²) in [6, 6.07) is 22.6. The van der Waals surface area contributed by atoms with Crippen molar-refractivity contribution in [3.05, 3.63) is 107 Å². The molecule has 3 aromatic rings. The van der Waals surface area contributed by atoms with Crippen molar-refractivity contribution in [3.63, 3.8) is 0 Å². The number of alkyl halides is 3. The van der Waals surface area contributed by atoms with E-state index in [2.05, 4.69) is 10.6 Å². The summed E-state index contributed by atoms with van der Waals surface area (Å²) in [7, 11) is 0. The van der Waals surface area contributed by atoms with Gasteiger partial charge in [-0.2, -0.15) is 13.2 Å². The number of rotatable bonds is 9. The Balaban J connectivity index is 1.64. The molecule has 0 aliphatic carbocycles. The van der Waals surface area contributed by atoms with Gasteiger partial charge in [0.05, 0.1) is 17.7 Å². The summed E-state index contributed by atoms with van der Waals surface area (Å²) in [5, 5.41) is 16.6. The first-order valence-electron chi connectivity index (χ1n) is 10.3. The number of benzene rings is 3. The summed E-state index contributed by atoms with van der Waals surface area (Å²) in [5.74, 6) is -0.302. The molecule has 0 saturated heterocycles. The van der Waals surface area contributed by atoms with Crippen LogP contribution in [0.25, 0.3) is 0 Å². The highest BCUT2D eigenvalue weighted by molar-refractivity contribution is 5.94. The van der Waals surface area contributed by atoms with E-state index in [0.717, 1.165) is 17.7 Å². The van der Waals surface area contributed by atoms with Crippen LogP contribution in [0.2, 0.25) is 0 Å². The maximum absolute atomic E-state index is 12.9. The zero-order valence-corrected chi connectivity index (χ0v) is 17.3.